The van der Waals surface area contributed by atoms with Crippen LogP contribution in [0.15, 0.2) is 44.6 Å². The molecule has 0 spiro atoms. The molecule has 4 rings (SSSR count). The predicted octanol–water partition coefficient (Wildman–Crippen LogP) is 3.42. The number of furan rings is 1. The van der Waals surface area contributed by atoms with E-state index in [1.54, 1.807) is 36.3 Å². The Morgan fingerprint density at radius 2 is 1.94 bits per heavy atom. The number of hydrogen-bond donors (Lipinski definition) is 0. The molecule has 31 heavy (non-hydrogen) atoms. The monoisotopic (exact) mass is 444 g/mol. The van der Waals surface area contributed by atoms with E-state index in [4.69, 9.17) is 8.83 Å². The molecule has 0 unspecified atom stereocenters. The lowest BCUT2D eigenvalue weighted by Gasteiger charge is -2.36. The summed E-state index contributed by atoms with van der Waals surface area (Å²) < 4.78 is 25.2. The summed E-state index contributed by atoms with van der Waals surface area (Å²) >= 11 is 1.18. The first-order valence-electron chi connectivity index (χ1n) is 9.76. The third kappa shape index (κ3) is 4.63. The number of hydrogen-bond acceptors (Lipinski definition) is 8. The molecule has 2 aromatic heterocycles. The number of thioether (sulfide) groups is 1. The van der Waals surface area contributed by atoms with Crippen LogP contribution in [0.25, 0.3) is 11.5 Å². The molecular weight excluding hydrogens is 423 g/mol. The standard InChI is InChI=1S/C21H21FN4O4S/c1-13(27)15-3-4-18(17(22)11-15)25-6-8-26(9-7-25)19(28)12-31-21-24-23-20(30-21)16-5-10-29-14(16)2/h3-5,10-11H,6-9,12H2,1-2H3. The molecule has 0 radical (unpaired) electrons. The van der Waals surface area contributed by atoms with E-state index in [9.17, 15) is 14.0 Å². The van der Waals surface area contributed by atoms with Crippen LogP contribution in [0.1, 0.15) is 23.0 Å². The number of benzene rings is 1. The van der Waals surface area contributed by atoms with Crippen molar-refractivity contribution in [2.75, 3.05) is 36.8 Å². The van der Waals surface area contributed by atoms with Crippen molar-refractivity contribution in [1.29, 1.82) is 0 Å². The maximum Gasteiger partial charge on any atom is 0.277 e. The summed E-state index contributed by atoms with van der Waals surface area (Å²) in [5, 5.41) is 8.28. The SMILES string of the molecule is CC(=O)c1ccc(N2CCN(C(=O)CSc3nnc(-c4ccoc4C)o3)CC2)c(F)c1. The number of carbonyl (C=O) groups excluding carboxylic acids is 2. The van der Waals surface area contributed by atoms with Crippen LogP contribution in [0.3, 0.4) is 0 Å². The molecule has 1 aliphatic heterocycles. The number of rotatable bonds is 6. The van der Waals surface area contributed by atoms with E-state index in [-0.39, 0.29) is 17.4 Å². The van der Waals surface area contributed by atoms with E-state index in [0.717, 1.165) is 5.56 Å². The van der Waals surface area contributed by atoms with Crippen LogP contribution in [-0.2, 0) is 4.79 Å². The van der Waals surface area contributed by atoms with Crippen LogP contribution in [0, 0.1) is 12.7 Å². The average Bonchev–Trinajstić information content (AvgIpc) is 3.40. The quantitative estimate of drug-likeness (QED) is 0.422. The summed E-state index contributed by atoms with van der Waals surface area (Å²) in [6, 6.07) is 6.25. The maximum atomic E-state index is 14.4. The smallest absolute Gasteiger partial charge is 0.277 e. The summed E-state index contributed by atoms with van der Waals surface area (Å²) in [7, 11) is 0. The molecule has 0 saturated carbocycles. The second-order valence-corrected chi connectivity index (χ2v) is 8.07. The van der Waals surface area contributed by atoms with Gasteiger partial charge in [-0.05, 0) is 38.1 Å². The average molecular weight is 444 g/mol. The van der Waals surface area contributed by atoms with E-state index in [0.29, 0.717) is 54.3 Å². The van der Waals surface area contributed by atoms with Crippen LogP contribution in [0.2, 0.25) is 0 Å². The van der Waals surface area contributed by atoms with Gasteiger partial charge in [0, 0.05) is 31.7 Å². The largest absolute Gasteiger partial charge is 0.469 e. The Morgan fingerprint density at radius 1 is 1.16 bits per heavy atom. The van der Waals surface area contributed by atoms with Crippen molar-refractivity contribution in [3.05, 3.63) is 47.7 Å². The zero-order chi connectivity index (χ0) is 22.0. The molecule has 0 atom stereocenters. The van der Waals surface area contributed by atoms with Crippen LogP contribution in [-0.4, -0.2) is 58.7 Å². The Labute approximate surface area is 182 Å². The lowest BCUT2D eigenvalue weighted by Crippen LogP contribution is -2.49. The number of anilines is 1. The minimum absolute atomic E-state index is 0.0451. The molecule has 1 amide bonds. The fourth-order valence-corrected chi connectivity index (χ4v) is 4.04. The highest BCUT2D eigenvalue weighted by atomic mass is 32.2. The van der Waals surface area contributed by atoms with Crippen molar-refractivity contribution in [1.82, 2.24) is 15.1 Å². The van der Waals surface area contributed by atoms with Gasteiger partial charge in [-0.3, -0.25) is 9.59 Å². The summed E-state index contributed by atoms with van der Waals surface area (Å²) in [6.07, 6.45) is 1.55. The van der Waals surface area contributed by atoms with Crippen LogP contribution >= 0.6 is 11.8 Å². The van der Waals surface area contributed by atoms with E-state index in [1.165, 1.54) is 24.8 Å². The van der Waals surface area contributed by atoms with Gasteiger partial charge in [-0.1, -0.05) is 11.8 Å². The van der Waals surface area contributed by atoms with Gasteiger partial charge in [-0.15, -0.1) is 10.2 Å². The number of amides is 1. The first-order valence-corrected chi connectivity index (χ1v) is 10.7. The Balaban J connectivity index is 1.29. The number of halogens is 1. The minimum atomic E-state index is -0.428. The normalized spacial score (nSPS) is 14.2. The molecule has 1 aliphatic rings. The fourth-order valence-electron chi connectivity index (χ4n) is 3.38. The van der Waals surface area contributed by atoms with Gasteiger partial charge in [0.05, 0.1) is 23.3 Å². The van der Waals surface area contributed by atoms with Gasteiger partial charge in [0.2, 0.25) is 5.91 Å². The highest BCUT2D eigenvalue weighted by Gasteiger charge is 2.24. The van der Waals surface area contributed by atoms with E-state index in [2.05, 4.69) is 10.2 Å². The van der Waals surface area contributed by atoms with Gasteiger partial charge in [0.15, 0.2) is 5.78 Å². The molecule has 3 heterocycles. The molecule has 0 aliphatic carbocycles. The van der Waals surface area contributed by atoms with Crippen molar-refractivity contribution >= 4 is 29.1 Å². The van der Waals surface area contributed by atoms with Crippen LogP contribution in [0.4, 0.5) is 10.1 Å². The summed E-state index contributed by atoms with van der Waals surface area (Å²) in [5.41, 5.74) is 1.52. The molecule has 0 bridgehead atoms. The van der Waals surface area contributed by atoms with Gasteiger partial charge in [-0.25, -0.2) is 4.39 Å². The molecule has 3 aromatic rings. The van der Waals surface area contributed by atoms with Crippen molar-refractivity contribution in [3.63, 3.8) is 0 Å². The number of carbonyl (C=O) groups is 2. The topological polar surface area (TPSA) is 92.7 Å². The minimum Gasteiger partial charge on any atom is -0.469 e. The summed E-state index contributed by atoms with van der Waals surface area (Å²) in [6.45, 7) is 5.20. The Bertz CT molecular complexity index is 1100. The molecule has 1 fully saturated rings. The Morgan fingerprint density at radius 3 is 2.58 bits per heavy atom. The Kier molecular flexibility index (Phi) is 6.08. The highest BCUT2D eigenvalue weighted by molar-refractivity contribution is 7.99. The van der Waals surface area contributed by atoms with Gasteiger partial charge in [-0.2, -0.15) is 0 Å². The van der Waals surface area contributed by atoms with E-state index in [1.807, 2.05) is 4.90 Å². The molecule has 1 aromatic carbocycles. The van der Waals surface area contributed by atoms with Gasteiger partial charge in [0.1, 0.15) is 11.6 Å². The number of nitrogens with zero attached hydrogens (tertiary/aromatic N) is 4. The van der Waals surface area contributed by atoms with E-state index >= 15 is 0 Å². The number of aromatic nitrogens is 2. The molecular formula is C21H21FN4O4S. The zero-order valence-electron chi connectivity index (χ0n) is 17.1. The second-order valence-electron chi connectivity index (χ2n) is 7.14. The van der Waals surface area contributed by atoms with Crippen LogP contribution < -0.4 is 4.90 Å². The first kappa shape index (κ1) is 21.1. The number of ketones is 1. The molecule has 1 saturated heterocycles. The zero-order valence-corrected chi connectivity index (χ0v) is 17.9. The van der Waals surface area contributed by atoms with Crippen LogP contribution in [0.5, 0.6) is 0 Å². The molecule has 10 heteroatoms. The van der Waals surface area contributed by atoms with Gasteiger partial charge in [0.25, 0.3) is 11.1 Å². The molecule has 0 N–H and O–H groups in total. The lowest BCUT2D eigenvalue weighted by atomic mass is 10.1. The van der Waals surface area contributed by atoms with Crippen molar-refractivity contribution in [3.8, 4) is 11.5 Å². The molecule has 162 valence electrons. The number of aryl methyl sites for hydroxylation is 1. The summed E-state index contributed by atoms with van der Waals surface area (Å²) in [4.78, 5) is 27.6. The van der Waals surface area contributed by atoms with Crippen molar-refractivity contribution in [2.24, 2.45) is 0 Å². The molecule has 8 nitrogen and oxygen atoms in total. The number of Topliss-reactive ketones (excluding diaryl/α,β-unsaturated/α-hetero) is 1. The first-order chi connectivity index (χ1) is 14.9. The fraction of sp³-hybridized carbons (Fsp3) is 0.333. The third-order valence-corrected chi connectivity index (χ3v) is 5.95. The highest BCUT2D eigenvalue weighted by Crippen LogP contribution is 2.27. The Hall–Kier alpha value is -3.14. The van der Waals surface area contributed by atoms with Gasteiger partial charge < -0.3 is 18.6 Å². The van der Waals surface area contributed by atoms with Gasteiger partial charge >= 0.3 is 0 Å². The van der Waals surface area contributed by atoms with Crippen molar-refractivity contribution < 1.29 is 22.8 Å². The van der Waals surface area contributed by atoms with E-state index < -0.39 is 5.82 Å². The predicted molar refractivity (Wildman–Crippen MR) is 113 cm³/mol. The summed E-state index contributed by atoms with van der Waals surface area (Å²) in [5.74, 6) is 0.563. The number of piperazine rings is 1. The lowest BCUT2D eigenvalue weighted by molar-refractivity contribution is -0.128. The second kappa shape index (κ2) is 8.93. The maximum absolute atomic E-state index is 14.4. The third-order valence-electron chi connectivity index (χ3n) is 5.14. The van der Waals surface area contributed by atoms with Crippen molar-refractivity contribution in [2.45, 2.75) is 19.1 Å².